The number of alkyl halides is 2. The van der Waals surface area contributed by atoms with Crippen LogP contribution >= 0.6 is 0 Å². The maximum Gasteiger partial charge on any atom is 0.387 e. The van der Waals surface area contributed by atoms with E-state index >= 15 is 0 Å². The zero-order valence-electron chi connectivity index (χ0n) is 18.7. The topological polar surface area (TPSA) is 93.3 Å². The second-order valence-corrected chi connectivity index (χ2v) is 7.93. The molecule has 0 radical (unpaired) electrons. The molecule has 1 aromatic heterocycles. The number of nitrogens with zero attached hydrogens (tertiary/aromatic N) is 2. The molecule has 0 aliphatic heterocycles. The summed E-state index contributed by atoms with van der Waals surface area (Å²) in [5, 5.41) is 0. The zero-order chi connectivity index (χ0) is 24.8. The third-order valence-electron chi connectivity index (χ3n) is 5.45. The Morgan fingerprint density at radius 2 is 1.37 bits per heavy atom. The van der Waals surface area contributed by atoms with E-state index in [1.807, 2.05) is 60.7 Å². The van der Waals surface area contributed by atoms with Crippen molar-refractivity contribution in [1.82, 2.24) is 9.55 Å². The van der Waals surface area contributed by atoms with Gasteiger partial charge >= 0.3 is 12.3 Å². The molecule has 0 aliphatic carbocycles. The van der Waals surface area contributed by atoms with Crippen LogP contribution in [0.3, 0.4) is 0 Å². The number of nitrogens with one attached hydrogen (secondary N) is 1. The van der Waals surface area contributed by atoms with Gasteiger partial charge in [-0.1, -0.05) is 72.8 Å². The fourth-order valence-electron chi connectivity index (χ4n) is 3.82. The van der Waals surface area contributed by atoms with Crippen molar-refractivity contribution in [3.63, 3.8) is 0 Å². The lowest BCUT2D eigenvalue weighted by molar-refractivity contribution is -0.0498. The van der Waals surface area contributed by atoms with Crippen molar-refractivity contribution in [3.8, 4) is 5.75 Å². The Hall–Kier alpha value is -4.40. The number of aromatic nitrogens is 2. The molecular weight excluding hydrogens is 454 g/mol. The Labute approximate surface area is 200 Å². The summed E-state index contributed by atoms with van der Waals surface area (Å²) in [5.74, 6) is 0.0725. The summed E-state index contributed by atoms with van der Waals surface area (Å²) < 4.78 is 30.7. The maximum absolute atomic E-state index is 13.0. The number of nitrogens with two attached hydrogens (primary N) is 1. The molecule has 0 unspecified atom stereocenters. The van der Waals surface area contributed by atoms with E-state index in [1.165, 1.54) is 16.7 Å². The molecule has 0 aliphatic rings. The first-order valence-corrected chi connectivity index (χ1v) is 10.9. The SMILES string of the molecule is Nc1c(N(Cc2ccccc2)Cc2ccc(OC(F)F)cc2)c(=O)[nH]c(=O)n1Cc1ccccc1. The predicted molar refractivity (Wildman–Crippen MR) is 131 cm³/mol. The summed E-state index contributed by atoms with van der Waals surface area (Å²) in [7, 11) is 0. The second-order valence-electron chi connectivity index (χ2n) is 7.93. The van der Waals surface area contributed by atoms with Gasteiger partial charge in [0.2, 0.25) is 0 Å². The van der Waals surface area contributed by atoms with Gasteiger partial charge in [-0.3, -0.25) is 14.3 Å². The molecular formula is C26H24F2N4O3. The summed E-state index contributed by atoms with van der Waals surface area (Å²) in [5.41, 5.74) is 7.87. The van der Waals surface area contributed by atoms with E-state index < -0.39 is 17.9 Å². The third-order valence-corrected chi connectivity index (χ3v) is 5.45. The molecule has 180 valence electrons. The highest BCUT2D eigenvalue weighted by atomic mass is 19.3. The van der Waals surface area contributed by atoms with Crippen molar-refractivity contribution in [2.24, 2.45) is 0 Å². The van der Waals surface area contributed by atoms with Gasteiger partial charge in [0.1, 0.15) is 17.3 Å². The molecule has 0 spiro atoms. The fourth-order valence-corrected chi connectivity index (χ4v) is 3.82. The highest BCUT2D eigenvalue weighted by molar-refractivity contribution is 5.63. The summed E-state index contributed by atoms with van der Waals surface area (Å²) in [6, 6.07) is 24.9. The smallest absolute Gasteiger partial charge is 0.387 e. The normalized spacial score (nSPS) is 10.9. The number of hydrogen-bond acceptors (Lipinski definition) is 5. The van der Waals surface area contributed by atoms with Crippen LogP contribution in [0.25, 0.3) is 0 Å². The van der Waals surface area contributed by atoms with Crippen molar-refractivity contribution in [2.45, 2.75) is 26.2 Å². The summed E-state index contributed by atoms with van der Waals surface area (Å²) in [4.78, 5) is 29.7. The van der Waals surface area contributed by atoms with Crippen molar-refractivity contribution in [3.05, 3.63) is 122 Å². The van der Waals surface area contributed by atoms with E-state index in [-0.39, 0.29) is 30.3 Å². The lowest BCUT2D eigenvalue weighted by Crippen LogP contribution is -2.38. The van der Waals surface area contributed by atoms with E-state index in [1.54, 1.807) is 17.0 Å². The highest BCUT2D eigenvalue weighted by Crippen LogP contribution is 2.24. The molecule has 0 bridgehead atoms. The molecule has 7 nitrogen and oxygen atoms in total. The van der Waals surface area contributed by atoms with Crippen LogP contribution in [0.4, 0.5) is 20.3 Å². The monoisotopic (exact) mass is 478 g/mol. The molecule has 0 fully saturated rings. The van der Waals surface area contributed by atoms with Gasteiger partial charge in [-0.2, -0.15) is 8.78 Å². The van der Waals surface area contributed by atoms with Gasteiger partial charge in [-0.15, -0.1) is 0 Å². The molecule has 0 amide bonds. The Kier molecular flexibility index (Phi) is 7.25. The fraction of sp³-hybridized carbons (Fsp3) is 0.154. The average Bonchev–Trinajstić information content (AvgIpc) is 2.84. The van der Waals surface area contributed by atoms with Crippen LogP contribution in [0.5, 0.6) is 5.75 Å². The third kappa shape index (κ3) is 5.94. The first kappa shape index (κ1) is 23.7. The maximum atomic E-state index is 13.0. The minimum Gasteiger partial charge on any atom is -0.435 e. The van der Waals surface area contributed by atoms with Crippen LogP contribution < -0.4 is 26.6 Å². The summed E-state index contributed by atoms with van der Waals surface area (Å²) >= 11 is 0. The van der Waals surface area contributed by atoms with Crippen LogP contribution in [-0.4, -0.2) is 16.2 Å². The van der Waals surface area contributed by atoms with Crippen molar-refractivity contribution in [2.75, 3.05) is 10.6 Å². The predicted octanol–water partition coefficient (Wildman–Crippen LogP) is 3.98. The number of nitrogen functional groups attached to an aromatic ring is 1. The number of H-pyrrole nitrogens is 1. The van der Waals surface area contributed by atoms with Gasteiger partial charge in [-0.05, 0) is 28.8 Å². The van der Waals surface area contributed by atoms with Gasteiger partial charge in [0.15, 0.2) is 0 Å². The molecule has 0 saturated heterocycles. The van der Waals surface area contributed by atoms with Crippen molar-refractivity contribution in [1.29, 1.82) is 0 Å². The Morgan fingerprint density at radius 1 is 0.829 bits per heavy atom. The lowest BCUT2D eigenvalue weighted by Gasteiger charge is -2.26. The first-order chi connectivity index (χ1) is 16.9. The number of rotatable bonds is 9. The van der Waals surface area contributed by atoms with Crippen LogP contribution in [0.15, 0.2) is 94.5 Å². The molecule has 0 saturated carbocycles. The van der Waals surface area contributed by atoms with Gasteiger partial charge in [0.25, 0.3) is 5.56 Å². The Bertz CT molecular complexity index is 1370. The highest BCUT2D eigenvalue weighted by Gasteiger charge is 2.20. The minimum absolute atomic E-state index is 0.0344. The number of ether oxygens (including phenoxy) is 1. The molecule has 0 atom stereocenters. The molecule has 3 aromatic carbocycles. The van der Waals surface area contributed by atoms with Gasteiger partial charge in [-0.25, -0.2) is 4.79 Å². The lowest BCUT2D eigenvalue weighted by atomic mass is 10.1. The molecule has 3 N–H and O–H groups in total. The van der Waals surface area contributed by atoms with E-state index in [9.17, 15) is 18.4 Å². The van der Waals surface area contributed by atoms with Crippen LogP contribution in [-0.2, 0) is 19.6 Å². The molecule has 4 rings (SSSR count). The first-order valence-electron chi connectivity index (χ1n) is 10.9. The van der Waals surface area contributed by atoms with Gasteiger partial charge in [0, 0.05) is 13.1 Å². The molecule has 4 aromatic rings. The van der Waals surface area contributed by atoms with Crippen molar-refractivity contribution >= 4 is 11.5 Å². The van der Waals surface area contributed by atoms with Gasteiger partial charge in [0.05, 0.1) is 6.54 Å². The minimum atomic E-state index is -2.92. The molecule has 35 heavy (non-hydrogen) atoms. The number of hydrogen-bond donors (Lipinski definition) is 2. The van der Waals surface area contributed by atoms with E-state index in [4.69, 9.17) is 5.73 Å². The number of benzene rings is 3. The standard InChI is InChI=1S/C26H24F2N4O3/c27-25(28)35-21-13-11-20(12-14-21)16-31(15-18-7-3-1-4-8-18)22-23(29)32(26(34)30-24(22)33)17-19-9-5-2-6-10-19/h1-14,25H,15-17,29H2,(H,30,33,34). The van der Waals surface area contributed by atoms with E-state index in [0.29, 0.717) is 6.54 Å². The summed E-state index contributed by atoms with van der Waals surface area (Å²) in [6.45, 7) is -2.17. The largest absolute Gasteiger partial charge is 0.435 e. The van der Waals surface area contributed by atoms with Crippen LogP contribution in [0.2, 0.25) is 0 Å². The van der Waals surface area contributed by atoms with Gasteiger partial charge < -0.3 is 15.4 Å². The number of halogens is 2. The Morgan fingerprint density at radius 3 is 1.94 bits per heavy atom. The van der Waals surface area contributed by atoms with E-state index in [2.05, 4.69) is 9.72 Å². The molecule has 1 heterocycles. The number of aromatic amines is 1. The summed E-state index contributed by atoms with van der Waals surface area (Å²) in [6.07, 6.45) is 0. The Balaban J connectivity index is 1.73. The number of anilines is 2. The second kappa shape index (κ2) is 10.7. The van der Waals surface area contributed by atoms with Crippen molar-refractivity contribution < 1.29 is 13.5 Å². The molecule has 9 heteroatoms. The quantitative estimate of drug-likeness (QED) is 0.380. The van der Waals surface area contributed by atoms with Crippen LogP contribution in [0.1, 0.15) is 16.7 Å². The van der Waals surface area contributed by atoms with E-state index in [0.717, 1.165) is 16.7 Å². The van der Waals surface area contributed by atoms with Crippen LogP contribution in [0, 0.1) is 0 Å². The zero-order valence-corrected chi connectivity index (χ0v) is 18.7. The average molecular weight is 478 g/mol.